The first kappa shape index (κ1) is 16.2. The average Bonchev–Trinajstić information content (AvgIpc) is 2.39. The third kappa shape index (κ3) is 5.36. The SMILES string of the molecule is CCC(C)C(c1ccccc1)C(N)CCCC(C)C. The Hall–Kier alpha value is -0.820. The van der Waals surface area contributed by atoms with Gasteiger partial charge in [-0.3, -0.25) is 0 Å². The van der Waals surface area contributed by atoms with Crippen molar-refractivity contribution < 1.29 is 0 Å². The van der Waals surface area contributed by atoms with Crippen LogP contribution in [0.3, 0.4) is 0 Å². The van der Waals surface area contributed by atoms with Gasteiger partial charge in [0.2, 0.25) is 0 Å². The molecule has 108 valence electrons. The Morgan fingerprint density at radius 3 is 2.16 bits per heavy atom. The summed E-state index contributed by atoms with van der Waals surface area (Å²) in [4.78, 5) is 0. The molecule has 19 heavy (non-hydrogen) atoms. The summed E-state index contributed by atoms with van der Waals surface area (Å²) in [6, 6.07) is 11.1. The number of hydrogen-bond donors (Lipinski definition) is 1. The largest absolute Gasteiger partial charge is 0.327 e. The van der Waals surface area contributed by atoms with Crippen molar-refractivity contribution >= 4 is 0 Å². The minimum absolute atomic E-state index is 0.288. The molecule has 0 spiro atoms. The fraction of sp³-hybridized carbons (Fsp3) is 0.667. The lowest BCUT2D eigenvalue weighted by atomic mass is 9.78. The fourth-order valence-electron chi connectivity index (χ4n) is 2.87. The Balaban J connectivity index is 2.69. The second-order valence-electron chi connectivity index (χ2n) is 6.31. The molecule has 0 bridgehead atoms. The summed E-state index contributed by atoms with van der Waals surface area (Å²) >= 11 is 0. The fourth-order valence-corrected chi connectivity index (χ4v) is 2.87. The summed E-state index contributed by atoms with van der Waals surface area (Å²) in [6.07, 6.45) is 4.87. The van der Waals surface area contributed by atoms with Crippen molar-refractivity contribution in [2.24, 2.45) is 17.6 Å². The molecular weight excluding hydrogens is 230 g/mol. The van der Waals surface area contributed by atoms with Crippen LogP contribution in [0.25, 0.3) is 0 Å². The Kier molecular flexibility index (Phi) is 7.15. The molecule has 3 unspecified atom stereocenters. The molecule has 0 aromatic heterocycles. The molecular formula is C18H31N. The highest BCUT2D eigenvalue weighted by molar-refractivity contribution is 5.22. The Bertz CT molecular complexity index is 331. The van der Waals surface area contributed by atoms with E-state index in [2.05, 4.69) is 58.0 Å². The molecule has 1 aromatic rings. The van der Waals surface area contributed by atoms with Crippen molar-refractivity contribution in [1.29, 1.82) is 0 Å². The molecule has 0 aliphatic rings. The van der Waals surface area contributed by atoms with Crippen LogP contribution in [0.5, 0.6) is 0 Å². The first-order valence-electron chi connectivity index (χ1n) is 7.86. The van der Waals surface area contributed by atoms with Crippen molar-refractivity contribution in [3.05, 3.63) is 35.9 Å². The van der Waals surface area contributed by atoms with Gasteiger partial charge in [-0.15, -0.1) is 0 Å². The smallest absolute Gasteiger partial charge is 0.0110 e. The van der Waals surface area contributed by atoms with Crippen LogP contribution < -0.4 is 5.73 Å². The van der Waals surface area contributed by atoms with Crippen molar-refractivity contribution in [2.75, 3.05) is 0 Å². The molecule has 0 aliphatic heterocycles. The van der Waals surface area contributed by atoms with E-state index in [1.165, 1.54) is 24.8 Å². The zero-order chi connectivity index (χ0) is 14.3. The Morgan fingerprint density at radius 1 is 1.00 bits per heavy atom. The second kappa shape index (κ2) is 8.37. The minimum atomic E-state index is 0.288. The molecule has 1 nitrogen and oxygen atoms in total. The maximum Gasteiger partial charge on any atom is 0.0110 e. The summed E-state index contributed by atoms with van der Waals surface area (Å²) in [6.45, 7) is 9.17. The number of benzene rings is 1. The third-order valence-corrected chi connectivity index (χ3v) is 4.22. The van der Waals surface area contributed by atoms with Gasteiger partial charge in [-0.25, -0.2) is 0 Å². The quantitative estimate of drug-likeness (QED) is 0.702. The number of nitrogens with two attached hydrogens (primary N) is 1. The minimum Gasteiger partial charge on any atom is -0.327 e. The van der Waals surface area contributed by atoms with Gasteiger partial charge in [0.25, 0.3) is 0 Å². The van der Waals surface area contributed by atoms with E-state index >= 15 is 0 Å². The van der Waals surface area contributed by atoms with E-state index in [-0.39, 0.29) is 6.04 Å². The predicted molar refractivity (Wildman–Crippen MR) is 85.3 cm³/mol. The number of hydrogen-bond acceptors (Lipinski definition) is 1. The highest BCUT2D eigenvalue weighted by Crippen LogP contribution is 2.31. The third-order valence-electron chi connectivity index (χ3n) is 4.22. The highest BCUT2D eigenvalue weighted by Gasteiger charge is 2.24. The molecule has 0 fully saturated rings. The maximum atomic E-state index is 6.51. The maximum absolute atomic E-state index is 6.51. The summed E-state index contributed by atoms with van der Waals surface area (Å²) in [7, 11) is 0. The monoisotopic (exact) mass is 261 g/mol. The summed E-state index contributed by atoms with van der Waals surface area (Å²) in [5.74, 6) is 1.93. The molecule has 0 saturated heterocycles. The molecule has 0 radical (unpaired) electrons. The van der Waals surface area contributed by atoms with Crippen molar-refractivity contribution in [3.8, 4) is 0 Å². The van der Waals surface area contributed by atoms with E-state index in [1.54, 1.807) is 0 Å². The van der Waals surface area contributed by atoms with Crippen LogP contribution in [-0.2, 0) is 0 Å². The molecule has 0 saturated carbocycles. The van der Waals surface area contributed by atoms with Crippen LogP contribution in [0.4, 0.5) is 0 Å². The lowest BCUT2D eigenvalue weighted by molar-refractivity contribution is 0.356. The molecule has 0 amide bonds. The first-order valence-corrected chi connectivity index (χ1v) is 7.86. The predicted octanol–water partition coefficient (Wildman–Crippen LogP) is 4.97. The zero-order valence-corrected chi connectivity index (χ0v) is 13.1. The van der Waals surface area contributed by atoms with Gasteiger partial charge < -0.3 is 5.73 Å². The molecule has 1 aromatic carbocycles. The summed E-state index contributed by atoms with van der Waals surface area (Å²) < 4.78 is 0. The molecule has 0 heterocycles. The highest BCUT2D eigenvalue weighted by atomic mass is 14.7. The van der Waals surface area contributed by atoms with Gasteiger partial charge in [-0.2, -0.15) is 0 Å². The zero-order valence-electron chi connectivity index (χ0n) is 13.1. The summed E-state index contributed by atoms with van der Waals surface area (Å²) in [5.41, 5.74) is 7.92. The number of rotatable bonds is 8. The van der Waals surface area contributed by atoms with E-state index in [9.17, 15) is 0 Å². The van der Waals surface area contributed by atoms with Crippen molar-refractivity contribution in [2.45, 2.75) is 65.3 Å². The normalized spacial score (nSPS) is 16.3. The van der Waals surface area contributed by atoms with E-state index < -0.39 is 0 Å². The van der Waals surface area contributed by atoms with Crippen LogP contribution >= 0.6 is 0 Å². The van der Waals surface area contributed by atoms with Crippen LogP contribution in [0.15, 0.2) is 30.3 Å². The second-order valence-corrected chi connectivity index (χ2v) is 6.31. The standard InChI is InChI=1S/C18H31N/c1-5-15(4)18(16-11-7-6-8-12-16)17(19)13-9-10-14(2)3/h6-8,11-12,14-15,17-18H,5,9-10,13,19H2,1-4H3. The van der Waals surface area contributed by atoms with Gasteiger partial charge in [-0.1, -0.05) is 77.3 Å². The lowest BCUT2D eigenvalue weighted by Gasteiger charge is -2.29. The molecule has 0 aliphatic carbocycles. The van der Waals surface area contributed by atoms with E-state index in [1.807, 2.05) is 0 Å². The van der Waals surface area contributed by atoms with Gasteiger partial charge in [0.15, 0.2) is 0 Å². The van der Waals surface area contributed by atoms with E-state index in [0.717, 1.165) is 12.3 Å². The van der Waals surface area contributed by atoms with Gasteiger partial charge in [-0.05, 0) is 23.8 Å². The van der Waals surface area contributed by atoms with Gasteiger partial charge in [0.05, 0.1) is 0 Å². The summed E-state index contributed by atoms with van der Waals surface area (Å²) in [5, 5.41) is 0. The molecule has 3 atom stereocenters. The van der Waals surface area contributed by atoms with E-state index in [4.69, 9.17) is 5.73 Å². The molecule has 1 rings (SSSR count). The average molecular weight is 261 g/mol. The molecule has 1 heteroatoms. The van der Waals surface area contributed by atoms with E-state index in [0.29, 0.717) is 11.8 Å². The van der Waals surface area contributed by atoms with Crippen LogP contribution in [0.1, 0.15) is 64.9 Å². The van der Waals surface area contributed by atoms with Gasteiger partial charge in [0.1, 0.15) is 0 Å². The van der Waals surface area contributed by atoms with Gasteiger partial charge >= 0.3 is 0 Å². The van der Waals surface area contributed by atoms with Gasteiger partial charge in [0, 0.05) is 12.0 Å². The lowest BCUT2D eigenvalue weighted by Crippen LogP contribution is -2.32. The van der Waals surface area contributed by atoms with Crippen LogP contribution in [-0.4, -0.2) is 6.04 Å². The van der Waals surface area contributed by atoms with Crippen molar-refractivity contribution in [3.63, 3.8) is 0 Å². The Morgan fingerprint density at radius 2 is 1.63 bits per heavy atom. The van der Waals surface area contributed by atoms with Crippen LogP contribution in [0.2, 0.25) is 0 Å². The topological polar surface area (TPSA) is 26.0 Å². The van der Waals surface area contributed by atoms with Crippen molar-refractivity contribution in [1.82, 2.24) is 0 Å². The Labute approximate surface area is 119 Å². The first-order chi connectivity index (χ1) is 9.06. The van der Waals surface area contributed by atoms with Crippen LogP contribution in [0, 0.1) is 11.8 Å². The molecule has 2 N–H and O–H groups in total.